The number of anilines is 3. The average molecular weight is 741 g/mol. The molecule has 0 spiro atoms. The maximum Gasteiger partial charge on any atom is 0.240 e. The van der Waals surface area contributed by atoms with E-state index in [2.05, 4.69) is 213 Å². The Kier molecular flexibility index (Phi) is 6.94. The van der Waals surface area contributed by atoms with E-state index in [1.54, 1.807) is 0 Å². The van der Waals surface area contributed by atoms with Gasteiger partial charge in [0.05, 0.1) is 5.52 Å². The van der Waals surface area contributed by atoms with Crippen LogP contribution in [0.4, 0.5) is 17.1 Å². The summed E-state index contributed by atoms with van der Waals surface area (Å²) >= 11 is 0. The summed E-state index contributed by atoms with van der Waals surface area (Å²) in [5, 5.41) is 2.59. The summed E-state index contributed by atoms with van der Waals surface area (Å²) in [6.07, 6.45) is 0. The molecule has 0 saturated carbocycles. The molecule has 0 saturated heterocycles. The molecular formula is C55H41BN2. The van der Waals surface area contributed by atoms with Gasteiger partial charge in [0, 0.05) is 44.5 Å². The van der Waals surface area contributed by atoms with Crippen molar-refractivity contribution in [3.63, 3.8) is 0 Å². The van der Waals surface area contributed by atoms with Crippen molar-refractivity contribution in [3.8, 4) is 27.9 Å². The number of aryl methyl sites for hydroxylation is 2. The van der Waals surface area contributed by atoms with E-state index in [1.807, 2.05) is 0 Å². The van der Waals surface area contributed by atoms with Crippen LogP contribution in [0.25, 0.3) is 55.3 Å². The van der Waals surface area contributed by atoms with Crippen LogP contribution < -0.4 is 15.8 Å². The van der Waals surface area contributed by atoms with Crippen LogP contribution in [0.3, 0.4) is 0 Å². The summed E-state index contributed by atoms with van der Waals surface area (Å²) in [4.78, 5) is 2.43. The predicted molar refractivity (Wildman–Crippen MR) is 246 cm³/mol. The molecule has 0 fully saturated rings. The minimum atomic E-state index is -0.135. The lowest BCUT2D eigenvalue weighted by Crippen LogP contribution is -2.47. The Morgan fingerprint density at radius 3 is 1.98 bits per heavy atom. The summed E-state index contributed by atoms with van der Waals surface area (Å²) in [7, 11) is 0. The summed E-state index contributed by atoms with van der Waals surface area (Å²) in [5.74, 6) is 2.62. The first-order chi connectivity index (χ1) is 28.4. The highest BCUT2D eigenvalue weighted by Gasteiger charge is 2.41. The van der Waals surface area contributed by atoms with Gasteiger partial charge in [-0.25, -0.2) is 0 Å². The smallest absolute Gasteiger partial charge is 0.240 e. The number of nitrogens with zero attached hydrogens (tertiary/aromatic N) is 2. The average Bonchev–Trinajstić information content (AvgIpc) is 3.65. The lowest BCUT2D eigenvalue weighted by molar-refractivity contribution is 0.660. The highest BCUT2D eigenvalue weighted by Crippen LogP contribution is 2.53. The van der Waals surface area contributed by atoms with Gasteiger partial charge in [-0.2, -0.15) is 0 Å². The molecule has 274 valence electrons. The predicted octanol–water partition coefficient (Wildman–Crippen LogP) is 12.8. The molecule has 12 rings (SSSR count). The van der Waals surface area contributed by atoms with Crippen LogP contribution in [0.2, 0.25) is 0 Å². The zero-order valence-corrected chi connectivity index (χ0v) is 33.2. The number of hydrogen-bond acceptors (Lipinski definition) is 1. The highest BCUT2D eigenvalue weighted by molar-refractivity contribution is 6.94. The van der Waals surface area contributed by atoms with Crippen LogP contribution in [0.1, 0.15) is 47.2 Å². The van der Waals surface area contributed by atoms with Crippen molar-refractivity contribution in [2.24, 2.45) is 0 Å². The van der Waals surface area contributed by atoms with Crippen LogP contribution in [-0.2, 0) is 5.41 Å². The third-order valence-electron chi connectivity index (χ3n) is 13.4. The first-order valence-corrected chi connectivity index (χ1v) is 20.6. The van der Waals surface area contributed by atoms with Crippen LogP contribution in [0.15, 0.2) is 176 Å². The minimum absolute atomic E-state index is 0.0275. The Hall–Kier alpha value is -6.84. The van der Waals surface area contributed by atoms with E-state index in [1.165, 1.54) is 99.6 Å². The molecule has 2 nitrogen and oxygen atoms in total. The molecule has 0 radical (unpaired) electrons. The first kappa shape index (κ1) is 33.3. The number of rotatable bonds is 4. The Morgan fingerprint density at radius 1 is 0.500 bits per heavy atom. The molecule has 1 aliphatic carbocycles. The van der Waals surface area contributed by atoms with Gasteiger partial charge in [-0.05, 0) is 135 Å². The van der Waals surface area contributed by atoms with Gasteiger partial charge in [0.2, 0.25) is 6.71 Å². The largest absolute Gasteiger partial charge is 0.310 e. The third-order valence-corrected chi connectivity index (χ3v) is 13.4. The number of benzene rings is 8. The molecule has 58 heavy (non-hydrogen) atoms. The number of para-hydroxylation sites is 4. The maximum atomic E-state index is 2.62. The molecule has 3 heteroatoms. The van der Waals surface area contributed by atoms with Gasteiger partial charge >= 0.3 is 0 Å². The molecule has 3 aliphatic rings. The van der Waals surface area contributed by atoms with Crippen LogP contribution in [-0.4, -0.2) is 11.3 Å². The zero-order chi connectivity index (χ0) is 38.9. The van der Waals surface area contributed by atoms with Gasteiger partial charge < -0.3 is 9.47 Å². The number of aromatic nitrogens is 1. The summed E-state index contributed by atoms with van der Waals surface area (Å²) < 4.78 is 2.58. The quantitative estimate of drug-likeness (QED) is 0.163. The Labute approximate surface area is 340 Å². The molecule has 0 unspecified atom stereocenters. The van der Waals surface area contributed by atoms with Crippen molar-refractivity contribution in [1.82, 2.24) is 4.57 Å². The first-order valence-electron chi connectivity index (χ1n) is 20.6. The molecule has 0 amide bonds. The lowest BCUT2D eigenvalue weighted by Gasteiger charge is -2.31. The zero-order valence-electron chi connectivity index (χ0n) is 33.2. The number of hydrogen-bond donors (Lipinski definition) is 0. The van der Waals surface area contributed by atoms with Gasteiger partial charge in [0.1, 0.15) is 0 Å². The van der Waals surface area contributed by atoms with E-state index >= 15 is 0 Å². The van der Waals surface area contributed by atoms with Crippen LogP contribution in [0, 0.1) is 13.8 Å². The van der Waals surface area contributed by atoms with Gasteiger partial charge in [0.15, 0.2) is 0 Å². The molecule has 0 N–H and O–H groups in total. The van der Waals surface area contributed by atoms with Crippen LogP contribution >= 0.6 is 0 Å². The fourth-order valence-electron chi connectivity index (χ4n) is 10.8. The Balaban J connectivity index is 1.27. The standard InChI is InChI=1S/C55H41BN2/c1-34-26-27-39(35(2)28-34)47-33-56-50-24-15-22-42-41-21-12-14-25-51(41)58(54(42)50)52-30-38(57(36-16-7-5-8-17-36)37-18-9-6-10-19-37)29-46(53(52)56)43-31-45-40-20-11-13-23-48(40)55(3,4)49(45)32-44(43)47/h5-33H,1-4H3. The van der Waals surface area contributed by atoms with Crippen molar-refractivity contribution in [3.05, 3.63) is 209 Å². The molecule has 8 aromatic carbocycles. The van der Waals surface area contributed by atoms with E-state index in [0.717, 1.165) is 17.1 Å². The fourth-order valence-corrected chi connectivity index (χ4v) is 10.8. The van der Waals surface area contributed by atoms with E-state index < -0.39 is 0 Å². The van der Waals surface area contributed by atoms with E-state index in [9.17, 15) is 0 Å². The second-order valence-electron chi connectivity index (χ2n) is 17.0. The third kappa shape index (κ3) is 4.56. The van der Waals surface area contributed by atoms with E-state index in [0.29, 0.717) is 0 Å². The molecule has 2 aliphatic heterocycles. The van der Waals surface area contributed by atoms with Crippen molar-refractivity contribution >= 4 is 62.1 Å². The highest BCUT2D eigenvalue weighted by atomic mass is 15.1. The fraction of sp³-hybridized carbons (Fsp3) is 0.0909. The molecule has 0 bridgehead atoms. The maximum absolute atomic E-state index is 2.62. The van der Waals surface area contributed by atoms with Gasteiger partial charge in [-0.15, -0.1) is 0 Å². The van der Waals surface area contributed by atoms with E-state index in [4.69, 9.17) is 0 Å². The van der Waals surface area contributed by atoms with E-state index in [-0.39, 0.29) is 12.1 Å². The summed E-state index contributed by atoms with van der Waals surface area (Å²) in [6, 6.07) is 63.8. The SMILES string of the molecule is Cc1ccc(C2=CB3c4c(cc(N(c5ccccc5)c5ccccc5)cc4-n4c5ccccc5c5cccc3c54)-c3cc4c(cc32)C(C)(C)c2ccccc2-4)c(C)c1. The summed E-state index contributed by atoms with van der Waals surface area (Å²) in [6.45, 7) is 9.32. The Morgan fingerprint density at radius 2 is 1.21 bits per heavy atom. The molecule has 0 atom stereocenters. The molecule has 9 aromatic rings. The monoisotopic (exact) mass is 740 g/mol. The van der Waals surface area contributed by atoms with Crippen molar-refractivity contribution in [1.29, 1.82) is 0 Å². The normalized spacial score (nSPS) is 14.1. The van der Waals surface area contributed by atoms with Crippen LogP contribution in [0.5, 0.6) is 0 Å². The topological polar surface area (TPSA) is 8.17 Å². The second kappa shape index (κ2) is 12.1. The molecular weight excluding hydrogens is 699 g/mol. The summed E-state index contributed by atoms with van der Waals surface area (Å²) in [5.41, 5.74) is 24.3. The number of fused-ring (bicyclic) bond motifs is 10. The molecule has 3 heterocycles. The van der Waals surface area contributed by atoms with Crippen molar-refractivity contribution < 1.29 is 0 Å². The second-order valence-corrected chi connectivity index (χ2v) is 17.0. The van der Waals surface area contributed by atoms with Gasteiger partial charge in [-0.1, -0.05) is 141 Å². The lowest BCUT2D eigenvalue weighted by atomic mass is 9.38. The van der Waals surface area contributed by atoms with Crippen molar-refractivity contribution in [2.45, 2.75) is 33.1 Å². The van der Waals surface area contributed by atoms with Crippen molar-refractivity contribution in [2.75, 3.05) is 4.90 Å². The van der Waals surface area contributed by atoms with Gasteiger partial charge in [0.25, 0.3) is 0 Å². The molecule has 1 aromatic heterocycles. The Bertz CT molecular complexity index is 3180. The van der Waals surface area contributed by atoms with Gasteiger partial charge in [-0.3, -0.25) is 0 Å². The minimum Gasteiger partial charge on any atom is -0.310 e.